The molecule has 3 rings (SSSR count). The third-order valence-electron chi connectivity index (χ3n) is 4.73. The smallest absolute Gasteiger partial charge is 0.255 e. The standard InChI is InChI=1S/C22H26N2O3/c1-15(2)12-21(25)24-11-10-17-13-16(8-9-19(17)24)14-23-22(26)18-6-4-5-7-20(18)27-3/h4-9,13,15H,10-12,14H2,1-3H3,(H,23,26). The number of hydrogen-bond donors (Lipinski definition) is 1. The highest BCUT2D eigenvalue weighted by Crippen LogP contribution is 2.30. The zero-order valence-corrected chi connectivity index (χ0v) is 16.1. The van der Waals surface area contributed by atoms with Crippen LogP contribution in [0.5, 0.6) is 5.75 Å². The number of hydrogen-bond acceptors (Lipinski definition) is 3. The average Bonchev–Trinajstić information content (AvgIpc) is 3.08. The van der Waals surface area contributed by atoms with Crippen LogP contribution in [-0.4, -0.2) is 25.5 Å². The molecule has 0 radical (unpaired) electrons. The van der Waals surface area contributed by atoms with Crippen LogP contribution < -0.4 is 15.0 Å². The molecule has 2 aromatic carbocycles. The van der Waals surface area contributed by atoms with Crippen LogP contribution in [-0.2, 0) is 17.8 Å². The highest BCUT2D eigenvalue weighted by Gasteiger charge is 2.25. The van der Waals surface area contributed by atoms with Crippen LogP contribution >= 0.6 is 0 Å². The van der Waals surface area contributed by atoms with Gasteiger partial charge in [-0.15, -0.1) is 0 Å². The molecule has 1 heterocycles. The molecule has 0 unspecified atom stereocenters. The molecule has 0 atom stereocenters. The summed E-state index contributed by atoms with van der Waals surface area (Å²) in [7, 11) is 1.55. The molecule has 5 heteroatoms. The number of anilines is 1. The first-order valence-corrected chi connectivity index (χ1v) is 9.33. The van der Waals surface area contributed by atoms with E-state index in [9.17, 15) is 9.59 Å². The molecule has 142 valence electrons. The van der Waals surface area contributed by atoms with Crippen LogP contribution in [0.2, 0.25) is 0 Å². The van der Waals surface area contributed by atoms with Crippen LogP contribution in [0.15, 0.2) is 42.5 Å². The predicted molar refractivity (Wildman–Crippen MR) is 106 cm³/mol. The highest BCUT2D eigenvalue weighted by atomic mass is 16.5. The summed E-state index contributed by atoms with van der Waals surface area (Å²) in [5.41, 5.74) is 3.71. The molecule has 0 saturated heterocycles. The number of nitrogens with one attached hydrogen (secondary N) is 1. The van der Waals surface area contributed by atoms with Gasteiger partial charge in [0.2, 0.25) is 5.91 Å². The van der Waals surface area contributed by atoms with Gasteiger partial charge in [-0.3, -0.25) is 9.59 Å². The summed E-state index contributed by atoms with van der Waals surface area (Å²) in [5, 5.41) is 2.94. The van der Waals surface area contributed by atoms with Gasteiger partial charge in [0.1, 0.15) is 5.75 Å². The maximum Gasteiger partial charge on any atom is 0.255 e. The monoisotopic (exact) mass is 366 g/mol. The third-order valence-corrected chi connectivity index (χ3v) is 4.73. The van der Waals surface area contributed by atoms with Crippen molar-refractivity contribution in [2.45, 2.75) is 33.2 Å². The molecule has 2 amide bonds. The van der Waals surface area contributed by atoms with E-state index < -0.39 is 0 Å². The van der Waals surface area contributed by atoms with Crippen LogP contribution in [0, 0.1) is 5.92 Å². The lowest BCUT2D eigenvalue weighted by atomic mass is 10.1. The van der Waals surface area contributed by atoms with Crippen molar-refractivity contribution < 1.29 is 14.3 Å². The Morgan fingerprint density at radius 3 is 2.70 bits per heavy atom. The molecule has 0 aromatic heterocycles. The van der Waals surface area contributed by atoms with E-state index in [0.29, 0.717) is 30.2 Å². The fourth-order valence-corrected chi connectivity index (χ4v) is 3.39. The Bertz CT molecular complexity index is 845. The first-order chi connectivity index (χ1) is 13.0. The quantitative estimate of drug-likeness (QED) is 0.850. The van der Waals surface area contributed by atoms with Crippen molar-refractivity contribution in [3.8, 4) is 5.75 Å². The summed E-state index contributed by atoms with van der Waals surface area (Å²) in [4.78, 5) is 26.7. The summed E-state index contributed by atoms with van der Waals surface area (Å²) < 4.78 is 5.24. The minimum absolute atomic E-state index is 0.165. The zero-order chi connectivity index (χ0) is 19.4. The van der Waals surface area contributed by atoms with Crippen molar-refractivity contribution in [1.29, 1.82) is 0 Å². The average molecular weight is 366 g/mol. The molecule has 0 aliphatic carbocycles. The number of methoxy groups -OCH3 is 1. The number of ether oxygens (including phenoxy) is 1. The molecule has 1 aliphatic rings. The van der Waals surface area contributed by atoms with Crippen LogP contribution in [0.3, 0.4) is 0 Å². The Morgan fingerprint density at radius 2 is 1.96 bits per heavy atom. The van der Waals surface area contributed by atoms with Crippen molar-refractivity contribution >= 4 is 17.5 Å². The largest absolute Gasteiger partial charge is 0.496 e. The van der Waals surface area contributed by atoms with Gasteiger partial charge in [-0.25, -0.2) is 0 Å². The molecule has 0 bridgehead atoms. The van der Waals surface area contributed by atoms with Gasteiger partial charge in [0.05, 0.1) is 12.7 Å². The van der Waals surface area contributed by atoms with E-state index in [0.717, 1.165) is 29.8 Å². The number of carbonyl (C=O) groups is 2. The molecule has 0 spiro atoms. The van der Waals surface area contributed by atoms with Gasteiger partial charge in [-0.1, -0.05) is 38.1 Å². The van der Waals surface area contributed by atoms with E-state index >= 15 is 0 Å². The summed E-state index contributed by atoms with van der Waals surface area (Å²) in [5.74, 6) is 0.928. The van der Waals surface area contributed by atoms with Gasteiger partial charge in [-0.05, 0) is 41.7 Å². The predicted octanol–water partition coefficient (Wildman–Crippen LogP) is 3.56. The lowest BCUT2D eigenvalue weighted by molar-refractivity contribution is -0.119. The summed E-state index contributed by atoms with van der Waals surface area (Å²) in [6, 6.07) is 13.2. The zero-order valence-electron chi connectivity index (χ0n) is 16.1. The molecular weight excluding hydrogens is 340 g/mol. The highest BCUT2D eigenvalue weighted by molar-refractivity contribution is 5.97. The maximum atomic E-state index is 12.4. The molecule has 1 aliphatic heterocycles. The topological polar surface area (TPSA) is 58.6 Å². The molecule has 2 aromatic rings. The third kappa shape index (κ3) is 4.30. The van der Waals surface area contributed by atoms with Gasteiger partial charge in [-0.2, -0.15) is 0 Å². The number of carbonyl (C=O) groups excluding carboxylic acids is 2. The first-order valence-electron chi connectivity index (χ1n) is 9.33. The van der Waals surface area contributed by atoms with Crippen LogP contribution in [0.25, 0.3) is 0 Å². The van der Waals surface area contributed by atoms with Crippen LogP contribution in [0.4, 0.5) is 5.69 Å². The number of nitrogens with zero attached hydrogens (tertiary/aromatic N) is 1. The van der Waals surface area contributed by atoms with E-state index in [-0.39, 0.29) is 11.8 Å². The van der Waals surface area contributed by atoms with E-state index in [4.69, 9.17) is 4.74 Å². The van der Waals surface area contributed by atoms with Crippen molar-refractivity contribution in [3.05, 3.63) is 59.2 Å². The maximum absolute atomic E-state index is 12.4. The Hall–Kier alpha value is -2.82. The van der Waals surface area contributed by atoms with Crippen molar-refractivity contribution in [2.24, 2.45) is 5.92 Å². The Morgan fingerprint density at radius 1 is 1.19 bits per heavy atom. The number of rotatable bonds is 6. The molecule has 27 heavy (non-hydrogen) atoms. The molecule has 5 nitrogen and oxygen atoms in total. The van der Waals surface area contributed by atoms with Gasteiger partial charge in [0, 0.05) is 25.2 Å². The SMILES string of the molecule is COc1ccccc1C(=O)NCc1ccc2c(c1)CCN2C(=O)CC(C)C. The van der Waals surface area contributed by atoms with Crippen molar-refractivity contribution in [1.82, 2.24) is 5.32 Å². The van der Waals surface area contributed by atoms with E-state index in [2.05, 4.69) is 25.2 Å². The second-order valence-electron chi connectivity index (χ2n) is 7.24. The molecule has 0 fully saturated rings. The fraction of sp³-hybridized carbons (Fsp3) is 0.364. The summed E-state index contributed by atoms with van der Waals surface area (Å²) in [6.07, 6.45) is 1.42. The fourth-order valence-electron chi connectivity index (χ4n) is 3.39. The second-order valence-corrected chi connectivity index (χ2v) is 7.24. The van der Waals surface area contributed by atoms with Gasteiger partial charge in [0.15, 0.2) is 0 Å². The number of fused-ring (bicyclic) bond motifs is 1. The van der Waals surface area contributed by atoms with Gasteiger partial charge >= 0.3 is 0 Å². The summed E-state index contributed by atoms with van der Waals surface area (Å²) in [6.45, 7) is 5.28. The minimum Gasteiger partial charge on any atom is -0.496 e. The van der Waals surface area contributed by atoms with Crippen LogP contribution in [0.1, 0.15) is 41.8 Å². The van der Waals surface area contributed by atoms with E-state index in [1.165, 1.54) is 0 Å². The second kappa shape index (κ2) is 8.25. The lowest BCUT2D eigenvalue weighted by Crippen LogP contribution is -2.29. The van der Waals surface area contributed by atoms with Crippen molar-refractivity contribution in [2.75, 3.05) is 18.6 Å². The van der Waals surface area contributed by atoms with E-state index in [1.807, 2.05) is 29.2 Å². The number of para-hydroxylation sites is 1. The number of benzene rings is 2. The van der Waals surface area contributed by atoms with Crippen molar-refractivity contribution in [3.63, 3.8) is 0 Å². The first kappa shape index (κ1) is 19.0. The van der Waals surface area contributed by atoms with Gasteiger partial charge in [0.25, 0.3) is 5.91 Å². The molecule has 1 N–H and O–H groups in total. The Kier molecular flexibility index (Phi) is 5.79. The molecule has 0 saturated carbocycles. The lowest BCUT2D eigenvalue weighted by Gasteiger charge is -2.18. The normalized spacial score (nSPS) is 12.8. The number of amides is 2. The minimum atomic E-state index is -0.165. The van der Waals surface area contributed by atoms with E-state index in [1.54, 1.807) is 19.2 Å². The molecular formula is C22H26N2O3. The summed E-state index contributed by atoms with van der Waals surface area (Å²) >= 11 is 0. The van der Waals surface area contributed by atoms with Gasteiger partial charge < -0.3 is 15.0 Å². The Labute approximate surface area is 160 Å². The Balaban J connectivity index is 1.66.